The summed E-state index contributed by atoms with van der Waals surface area (Å²) in [6, 6.07) is 16.4. The van der Waals surface area contributed by atoms with Crippen molar-refractivity contribution in [2.45, 2.75) is 33.1 Å². The van der Waals surface area contributed by atoms with Gasteiger partial charge in [-0.3, -0.25) is 9.78 Å². The fraction of sp³-hybridized carbons (Fsp3) is 0.320. The lowest BCUT2D eigenvalue weighted by Gasteiger charge is -2.34. The number of nitriles is 1. The molecular weight excluding hydrogens is 372 g/mol. The van der Waals surface area contributed by atoms with Gasteiger partial charge in [0, 0.05) is 36.3 Å². The lowest BCUT2D eigenvalue weighted by atomic mass is 9.94. The Morgan fingerprint density at radius 1 is 1.23 bits per heavy atom. The molecule has 0 aliphatic carbocycles. The highest BCUT2D eigenvalue weighted by Crippen LogP contribution is 2.33. The molecule has 1 aliphatic heterocycles. The monoisotopic (exact) mass is 398 g/mol. The summed E-state index contributed by atoms with van der Waals surface area (Å²) in [5, 5.41) is 13.8. The summed E-state index contributed by atoms with van der Waals surface area (Å²) in [4.78, 5) is 19.6. The first-order valence-electron chi connectivity index (χ1n) is 10.5. The van der Waals surface area contributed by atoms with Gasteiger partial charge in [-0.1, -0.05) is 36.8 Å². The number of hydrogen-bond acceptors (Lipinski definition) is 4. The molecule has 5 nitrogen and oxygen atoms in total. The number of aromatic nitrogens is 1. The number of hydrogen-bond donors (Lipinski definition) is 1. The van der Waals surface area contributed by atoms with E-state index < -0.39 is 0 Å². The standard InChI is InChI=1S/C25H26N4O/c1-3-18-6-4-5-7-22(18)28-25(30)19-10-12-29(13-11-19)24-20(15-26)16-27-23-9-8-17(2)14-21(23)24/h4-9,14,16,19H,3,10-13H2,1-2H3,(H,28,30). The van der Waals surface area contributed by atoms with Crippen LogP contribution in [-0.2, 0) is 11.2 Å². The molecule has 1 aromatic heterocycles. The van der Waals surface area contributed by atoms with E-state index in [0.717, 1.165) is 65.8 Å². The third-order valence-corrected chi connectivity index (χ3v) is 5.95. The summed E-state index contributed by atoms with van der Waals surface area (Å²) in [6.45, 7) is 5.63. The maximum Gasteiger partial charge on any atom is 0.227 e. The second-order valence-electron chi connectivity index (χ2n) is 7.91. The smallest absolute Gasteiger partial charge is 0.227 e. The first-order valence-corrected chi connectivity index (χ1v) is 10.5. The molecule has 4 rings (SSSR count). The number of benzene rings is 2. The van der Waals surface area contributed by atoms with E-state index in [1.165, 1.54) is 0 Å². The Kier molecular flexibility index (Phi) is 5.67. The quantitative estimate of drug-likeness (QED) is 0.683. The molecule has 0 unspecified atom stereocenters. The summed E-state index contributed by atoms with van der Waals surface area (Å²) in [6.07, 6.45) is 4.08. The molecule has 2 aromatic carbocycles. The van der Waals surface area contributed by atoms with Gasteiger partial charge < -0.3 is 10.2 Å². The Balaban J connectivity index is 1.52. The van der Waals surface area contributed by atoms with Crippen molar-refractivity contribution in [3.05, 3.63) is 65.4 Å². The fourth-order valence-corrected chi connectivity index (χ4v) is 4.27. The Bertz CT molecular complexity index is 1120. The molecule has 1 amide bonds. The highest BCUT2D eigenvalue weighted by molar-refractivity contribution is 5.96. The zero-order valence-corrected chi connectivity index (χ0v) is 17.5. The molecule has 1 N–H and O–H groups in total. The van der Waals surface area contributed by atoms with Crippen LogP contribution in [0.15, 0.2) is 48.7 Å². The van der Waals surface area contributed by atoms with Crippen LogP contribution in [0.3, 0.4) is 0 Å². The molecule has 152 valence electrons. The van der Waals surface area contributed by atoms with Gasteiger partial charge in [0.1, 0.15) is 6.07 Å². The summed E-state index contributed by atoms with van der Waals surface area (Å²) >= 11 is 0. The molecule has 0 bridgehead atoms. The maximum absolute atomic E-state index is 12.9. The third kappa shape index (κ3) is 3.86. The van der Waals surface area contributed by atoms with E-state index >= 15 is 0 Å². The van der Waals surface area contributed by atoms with Crippen molar-refractivity contribution < 1.29 is 4.79 Å². The number of fused-ring (bicyclic) bond motifs is 1. The number of nitrogens with zero attached hydrogens (tertiary/aromatic N) is 3. The molecule has 1 aliphatic rings. The van der Waals surface area contributed by atoms with Crippen molar-refractivity contribution in [1.82, 2.24) is 4.98 Å². The number of carbonyl (C=O) groups excluding carboxylic acids is 1. The first kappa shape index (κ1) is 19.9. The molecule has 1 fully saturated rings. The Morgan fingerprint density at radius 3 is 2.73 bits per heavy atom. The van der Waals surface area contributed by atoms with Crippen molar-refractivity contribution in [1.29, 1.82) is 5.26 Å². The van der Waals surface area contributed by atoms with Gasteiger partial charge in [0.25, 0.3) is 0 Å². The van der Waals surface area contributed by atoms with E-state index in [1.807, 2.05) is 37.3 Å². The Morgan fingerprint density at radius 2 is 2.00 bits per heavy atom. The van der Waals surface area contributed by atoms with Crippen LogP contribution in [0.1, 0.15) is 36.5 Å². The van der Waals surface area contributed by atoms with E-state index in [4.69, 9.17) is 0 Å². The van der Waals surface area contributed by atoms with Crippen LogP contribution in [-0.4, -0.2) is 24.0 Å². The van der Waals surface area contributed by atoms with E-state index in [0.29, 0.717) is 5.56 Å². The van der Waals surface area contributed by atoms with Crippen LogP contribution < -0.4 is 10.2 Å². The summed E-state index contributed by atoms with van der Waals surface area (Å²) < 4.78 is 0. The summed E-state index contributed by atoms with van der Waals surface area (Å²) in [7, 11) is 0. The third-order valence-electron chi connectivity index (χ3n) is 5.95. The van der Waals surface area contributed by atoms with Gasteiger partial charge in [0.2, 0.25) is 5.91 Å². The van der Waals surface area contributed by atoms with E-state index in [2.05, 4.69) is 40.3 Å². The van der Waals surface area contributed by atoms with Gasteiger partial charge in [0.05, 0.1) is 16.8 Å². The minimum atomic E-state index is -0.0217. The average molecular weight is 399 g/mol. The zero-order chi connectivity index (χ0) is 21.1. The largest absolute Gasteiger partial charge is 0.370 e. The van der Waals surface area contributed by atoms with Crippen LogP contribution in [0.4, 0.5) is 11.4 Å². The van der Waals surface area contributed by atoms with Crippen LogP contribution in [0.2, 0.25) is 0 Å². The molecular formula is C25H26N4O. The second-order valence-corrected chi connectivity index (χ2v) is 7.91. The molecule has 5 heteroatoms. The molecule has 0 radical (unpaired) electrons. The number of piperidine rings is 1. The van der Waals surface area contributed by atoms with Gasteiger partial charge in [-0.25, -0.2) is 0 Å². The predicted octanol–water partition coefficient (Wildman–Crippen LogP) is 4.83. The van der Waals surface area contributed by atoms with Crippen LogP contribution >= 0.6 is 0 Å². The number of aryl methyl sites for hydroxylation is 2. The predicted molar refractivity (Wildman–Crippen MR) is 121 cm³/mol. The van der Waals surface area contributed by atoms with Gasteiger partial charge in [-0.05, 0) is 49.9 Å². The minimum absolute atomic E-state index is 0.0217. The number of pyridine rings is 1. The van der Waals surface area contributed by atoms with Crippen molar-refractivity contribution in [2.24, 2.45) is 5.92 Å². The molecule has 3 aromatic rings. The van der Waals surface area contributed by atoms with Gasteiger partial charge in [-0.15, -0.1) is 0 Å². The van der Waals surface area contributed by atoms with Gasteiger partial charge >= 0.3 is 0 Å². The Labute approximate surface area is 177 Å². The van der Waals surface area contributed by atoms with E-state index in [-0.39, 0.29) is 11.8 Å². The molecule has 0 saturated carbocycles. The topological polar surface area (TPSA) is 69.0 Å². The second kappa shape index (κ2) is 8.54. The first-order chi connectivity index (χ1) is 14.6. The van der Waals surface area contributed by atoms with Crippen LogP contribution in [0, 0.1) is 24.2 Å². The normalized spacial score (nSPS) is 14.5. The van der Waals surface area contributed by atoms with Crippen molar-refractivity contribution in [3.8, 4) is 6.07 Å². The average Bonchev–Trinajstić information content (AvgIpc) is 2.78. The van der Waals surface area contributed by atoms with E-state index in [1.54, 1.807) is 6.20 Å². The van der Waals surface area contributed by atoms with Crippen LogP contribution in [0.5, 0.6) is 0 Å². The molecule has 1 saturated heterocycles. The van der Waals surface area contributed by atoms with Crippen molar-refractivity contribution in [3.63, 3.8) is 0 Å². The molecule has 0 atom stereocenters. The number of rotatable bonds is 4. The lowest BCUT2D eigenvalue weighted by Crippen LogP contribution is -2.38. The summed E-state index contributed by atoms with van der Waals surface area (Å²) in [5.41, 5.74) is 5.64. The number of amides is 1. The zero-order valence-electron chi connectivity index (χ0n) is 17.5. The van der Waals surface area contributed by atoms with E-state index in [9.17, 15) is 10.1 Å². The van der Waals surface area contributed by atoms with Crippen LogP contribution in [0.25, 0.3) is 10.9 Å². The van der Waals surface area contributed by atoms with Gasteiger partial charge in [0.15, 0.2) is 0 Å². The fourth-order valence-electron chi connectivity index (χ4n) is 4.27. The number of carbonyl (C=O) groups is 1. The molecule has 0 spiro atoms. The van der Waals surface area contributed by atoms with Gasteiger partial charge in [-0.2, -0.15) is 5.26 Å². The van der Waals surface area contributed by atoms with Crippen molar-refractivity contribution >= 4 is 28.2 Å². The lowest BCUT2D eigenvalue weighted by molar-refractivity contribution is -0.120. The number of nitrogens with one attached hydrogen (secondary N) is 1. The highest BCUT2D eigenvalue weighted by Gasteiger charge is 2.27. The highest BCUT2D eigenvalue weighted by atomic mass is 16.1. The number of anilines is 2. The number of para-hydroxylation sites is 1. The molecule has 30 heavy (non-hydrogen) atoms. The van der Waals surface area contributed by atoms with Crippen molar-refractivity contribution in [2.75, 3.05) is 23.3 Å². The SMILES string of the molecule is CCc1ccccc1NC(=O)C1CCN(c2c(C#N)cnc3ccc(C)cc23)CC1. The molecule has 2 heterocycles. The summed E-state index contributed by atoms with van der Waals surface area (Å²) in [5.74, 6) is 0.0676. The maximum atomic E-state index is 12.9. The minimum Gasteiger partial charge on any atom is -0.370 e. The Hall–Kier alpha value is -3.39.